The zero-order valence-electron chi connectivity index (χ0n) is 9.13. The second-order valence-corrected chi connectivity index (χ2v) is 3.63. The average molecular weight is 226 g/mol. The minimum absolute atomic E-state index is 0.318. The number of anilines is 2. The molecule has 0 aliphatic heterocycles. The summed E-state index contributed by atoms with van der Waals surface area (Å²) in [6.45, 7) is 0. The first kappa shape index (κ1) is 11.0. The molecule has 0 unspecified atom stereocenters. The van der Waals surface area contributed by atoms with Crippen molar-refractivity contribution in [1.29, 1.82) is 0 Å². The molecule has 0 heterocycles. The van der Waals surface area contributed by atoms with Gasteiger partial charge >= 0.3 is 0 Å². The molecule has 85 valence electrons. The van der Waals surface area contributed by atoms with Crippen molar-refractivity contribution in [3.8, 4) is 0 Å². The summed E-state index contributed by atoms with van der Waals surface area (Å²) < 4.78 is 0. The zero-order chi connectivity index (χ0) is 12.3. The van der Waals surface area contributed by atoms with Crippen LogP contribution in [0.4, 0.5) is 17.1 Å². The Balaban J connectivity index is 2.14. The smallest absolute Gasteiger partial charge is 0.277 e. The molecule has 1 amide bonds. The first-order chi connectivity index (χ1) is 8.15. The van der Waals surface area contributed by atoms with Gasteiger partial charge in [-0.25, -0.2) is 5.32 Å². The molecular weight excluding hydrogens is 214 g/mol. The minimum atomic E-state index is -0.318. The lowest BCUT2D eigenvalue weighted by Gasteiger charge is -2.03. The van der Waals surface area contributed by atoms with Crippen molar-refractivity contribution in [2.75, 3.05) is 11.5 Å². The molecule has 0 aliphatic rings. The molecule has 0 aromatic heterocycles. The van der Waals surface area contributed by atoms with Gasteiger partial charge < -0.3 is 11.5 Å². The van der Waals surface area contributed by atoms with Gasteiger partial charge in [0.25, 0.3) is 5.91 Å². The van der Waals surface area contributed by atoms with E-state index in [0.29, 0.717) is 22.6 Å². The third-order valence-electron chi connectivity index (χ3n) is 2.26. The molecule has 4 N–H and O–H groups in total. The number of benzene rings is 2. The maximum absolute atomic E-state index is 11.8. The lowest BCUT2D eigenvalue weighted by molar-refractivity contribution is 0.0969. The summed E-state index contributed by atoms with van der Waals surface area (Å²) in [6, 6.07) is 13.5. The molecular formula is C13H12N3O. The summed E-state index contributed by atoms with van der Waals surface area (Å²) in [7, 11) is 0. The number of nitrogens with two attached hydrogens (primary N) is 2. The molecule has 4 nitrogen and oxygen atoms in total. The van der Waals surface area contributed by atoms with Crippen LogP contribution < -0.4 is 16.8 Å². The van der Waals surface area contributed by atoms with Crippen LogP contribution in [0.1, 0.15) is 10.4 Å². The standard InChI is InChI=1S/C13H12N3O/c14-10-4-6-12(7-5-10)16-13(17)9-2-1-3-11(15)8-9/h1-8H,14-15H2. The fraction of sp³-hybridized carbons (Fsp3) is 0. The Morgan fingerprint density at radius 3 is 2.29 bits per heavy atom. The predicted octanol–water partition coefficient (Wildman–Crippen LogP) is 1.93. The Labute approximate surface area is 99.2 Å². The van der Waals surface area contributed by atoms with Crippen LogP contribution in [0.15, 0.2) is 48.5 Å². The molecule has 2 aromatic carbocycles. The second kappa shape index (κ2) is 4.57. The highest BCUT2D eigenvalue weighted by atomic mass is 16.1. The third-order valence-corrected chi connectivity index (χ3v) is 2.26. The lowest BCUT2D eigenvalue weighted by Crippen LogP contribution is -2.10. The van der Waals surface area contributed by atoms with E-state index in [-0.39, 0.29) is 5.91 Å². The van der Waals surface area contributed by atoms with Crippen molar-refractivity contribution in [3.05, 3.63) is 54.1 Å². The highest BCUT2D eigenvalue weighted by Gasteiger charge is 2.07. The summed E-state index contributed by atoms with van der Waals surface area (Å²) in [5, 5.41) is 3.96. The fourth-order valence-electron chi connectivity index (χ4n) is 1.40. The van der Waals surface area contributed by atoms with E-state index in [0.717, 1.165) is 0 Å². The molecule has 0 aliphatic carbocycles. The third kappa shape index (κ3) is 2.75. The van der Waals surface area contributed by atoms with Crippen LogP contribution in [0.25, 0.3) is 0 Å². The number of nitrogen functional groups attached to an aromatic ring is 2. The van der Waals surface area contributed by atoms with Crippen molar-refractivity contribution in [2.24, 2.45) is 0 Å². The quantitative estimate of drug-likeness (QED) is 0.767. The van der Waals surface area contributed by atoms with Crippen LogP contribution >= 0.6 is 0 Å². The van der Waals surface area contributed by atoms with Crippen LogP contribution in [0.5, 0.6) is 0 Å². The molecule has 0 saturated carbocycles. The van der Waals surface area contributed by atoms with E-state index in [2.05, 4.69) is 5.32 Å². The van der Waals surface area contributed by atoms with Gasteiger partial charge in [-0.3, -0.25) is 4.79 Å². The fourth-order valence-corrected chi connectivity index (χ4v) is 1.40. The minimum Gasteiger partial charge on any atom is -0.399 e. The van der Waals surface area contributed by atoms with Gasteiger partial charge in [-0.05, 0) is 42.5 Å². The van der Waals surface area contributed by atoms with E-state index in [4.69, 9.17) is 11.5 Å². The summed E-state index contributed by atoms with van der Waals surface area (Å²) in [6.07, 6.45) is 0. The highest BCUT2D eigenvalue weighted by molar-refractivity contribution is 5.97. The van der Waals surface area contributed by atoms with Crippen molar-refractivity contribution in [1.82, 2.24) is 5.32 Å². The molecule has 4 heteroatoms. The zero-order valence-corrected chi connectivity index (χ0v) is 9.13. The number of hydrogen-bond acceptors (Lipinski definition) is 3. The molecule has 0 saturated heterocycles. The number of carbonyl (C=O) groups is 1. The molecule has 17 heavy (non-hydrogen) atoms. The van der Waals surface area contributed by atoms with E-state index < -0.39 is 0 Å². The molecule has 0 atom stereocenters. The Morgan fingerprint density at radius 1 is 0.941 bits per heavy atom. The summed E-state index contributed by atoms with van der Waals surface area (Å²) in [4.78, 5) is 11.8. The Bertz CT molecular complexity index is 535. The summed E-state index contributed by atoms with van der Waals surface area (Å²) >= 11 is 0. The molecule has 2 rings (SSSR count). The van der Waals surface area contributed by atoms with Crippen LogP contribution in [0.3, 0.4) is 0 Å². The molecule has 0 bridgehead atoms. The Morgan fingerprint density at radius 2 is 1.65 bits per heavy atom. The van der Waals surface area contributed by atoms with E-state index in [1.54, 1.807) is 48.5 Å². The van der Waals surface area contributed by atoms with E-state index in [9.17, 15) is 4.79 Å². The van der Waals surface area contributed by atoms with Crippen molar-refractivity contribution in [3.63, 3.8) is 0 Å². The SMILES string of the molecule is Nc1ccc([N]C(=O)c2cccc(N)c2)cc1. The van der Waals surface area contributed by atoms with E-state index in [1.807, 2.05) is 0 Å². The van der Waals surface area contributed by atoms with Crippen LogP contribution in [-0.4, -0.2) is 5.91 Å². The molecule has 1 radical (unpaired) electrons. The van der Waals surface area contributed by atoms with Crippen molar-refractivity contribution < 1.29 is 4.79 Å². The average Bonchev–Trinajstić information content (AvgIpc) is 2.32. The van der Waals surface area contributed by atoms with Gasteiger partial charge in [0.05, 0.1) is 5.69 Å². The number of hydrogen-bond donors (Lipinski definition) is 2. The van der Waals surface area contributed by atoms with Gasteiger partial charge in [-0.1, -0.05) is 6.07 Å². The number of carbonyl (C=O) groups excluding carboxylic acids is 1. The van der Waals surface area contributed by atoms with Gasteiger partial charge in [-0.2, -0.15) is 0 Å². The number of nitrogens with zero attached hydrogens (tertiary/aromatic N) is 1. The van der Waals surface area contributed by atoms with Crippen molar-refractivity contribution in [2.45, 2.75) is 0 Å². The van der Waals surface area contributed by atoms with Gasteiger partial charge in [0.2, 0.25) is 0 Å². The van der Waals surface area contributed by atoms with Crippen LogP contribution in [0, 0.1) is 0 Å². The molecule has 2 aromatic rings. The Kier molecular flexibility index (Phi) is 2.96. The first-order valence-corrected chi connectivity index (χ1v) is 5.12. The van der Waals surface area contributed by atoms with Crippen LogP contribution in [0.2, 0.25) is 0 Å². The normalized spacial score (nSPS) is 9.88. The predicted molar refractivity (Wildman–Crippen MR) is 67.8 cm³/mol. The first-order valence-electron chi connectivity index (χ1n) is 5.12. The largest absolute Gasteiger partial charge is 0.399 e. The molecule has 0 fully saturated rings. The maximum atomic E-state index is 11.8. The van der Waals surface area contributed by atoms with Crippen LogP contribution in [-0.2, 0) is 0 Å². The lowest BCUT2D eigenvalue weighted by atomic mass is 10.2. The molecule has 0 spiro atoms. The topological polar surface area (TPSA) is 83.2 Å². The highest BCUT2D eigenvalue weighted by Crippen LogP contribution is 2.13. The second-order valence-electron chi connectivity index (χ2n) is 3.63. The van der Waals surface area contributed by atoms with E-state index >= 15 is 0 Å². The van der Waals surface area contributed by atoms with Gasteiger partial charge in [-0.15, -0.1) is 0 Å². The summed E-state index contributed by atoms with van der Waals surface area (Å²) in [5.74, 6) is -0.318. The number of amides is 1. The van der Waals surface area contributed by atoms with Gasteiger partial charge in [0, 0.05) is 16.9 Å². The van der Waals surface area contributed by atoms with Gasteiger partial charge in [0.1, 0.15) is 0 Å². The van der Waals surface area contributed by atoms with E-state index in [1.165, 1.54) is 0 Å². The maximum Gasteiger partial charge on any atom is 0.277 e. The Hall–Kier alpha value is -2.49. The van der Waals surface area contributed by atoms with Gasteiger partial charge in [0.15, 0.2) is 0 Å². The number of rotatable bonds is 2. The van der Waals surface area contributed by atoms with Crippen molar-refractivity contribution >= 4 is 23.0 Å². The monoisotopic (exact) mass is 226 g/mol. The summed E-state index contributed by atoms with van der Waals surface area (Å²) in [5.41, 5.74) is 13.4.